The first-order valence-corrected chi connectivity index (χ1v) is 14.8. The standard InChI is InChI=1S/C37H52FNO2/c1-34(2,3)28-17-25(18-29(32(28)40)35(4,5)6)22-39(21-24-13-15-27(38)16-14-24)23-26-19-30(36(7,8)9)33(41)31(20-26)37(10,11)12/h13-20,40-41H,21-23H2,1-12H3. The van der Waals surface area contributed by atoms with Crippen molar-refractivity contribution in [1.29, 1.82) is 0 Å². The third-order valence-electron chi connectivity index (χ3n) is 7.70. The number of nitrogens with zero attached hydrogens (tertiary/aromatic N) is 1. The minimum Gasteiger partial charge on any atom is -0.507 e. The van der Waals surface area contributed by atoms with Gasteiger partial charge in [-0.05, 0) is 72.7 Å². The lowest BCUT2D eigenvalue weighted by atomic mass is 9.78. The normalized spacial score (nSPS) is 13.2. The van der Waals surface area contributed by atoms with Crippen LogP contribution in [0.5, 0.6) is 11.5 Å². The van der Waals surface area contributed by atoms with E-state index < -0.39 is 0 Å². The first-order valence-electron chi connectivity index (χ1n) is 14.8. The molecule has 0 heterocycles. The number of aromatic hydroxyl groups is 2. The van der Waals surface area contributed by atoms with E-state index in [2.05, 4.69) is 112 Å². The third kappa shape index (κ3) is 8.13. The zero-order valence-corrected chi connectivity index (χ0v) is 27.5. The van der Waals surface area contributed by atoms with Gasteiger partial charge in [0.15, 0.2) is 0 Å². The van der Waals surface area contributed by atoms with E-state index in [4.69, 9.17) is 0 Å². The van der Waals surface area contributed by atoms with Crippen LogP contribution >= 0.6 is 0 Å². The fraction of sp³-hybridized carbons (Fsp3) is 0.514. The maximum Gasteiger partial charge on any atom is 0.123 e. The molecule has 2 N–H and O–H groups in total. The fourth-order valence-electron chi connectivity index (χ4n) is 5.39. The third-order valence-corrected chi connectivity index (χ3v) is 7.70. The number of rotatable bonds is 6. The van der Waals surface area contributed by atoms with Crippen LogP contribution in [0.1, 0.15) is 122 Å². The number of benzene rings is 3. The van der Waals surface area contributed by atoms with Crippen molar-refractivity contribution in [3.05, 3.63) is 93.3 Å². The Morgan fingerprint density at radius 2 is 0.756 bits per heavy atom. The SMILES string of the molecule is CC(C)(C)c1cc(CN(Cc2ccc(F)cc2)Cc2cc(C(C)(C)C)c(O)c(C(C)(C)C)c2)cc(C(C)(C)C)c1O. The van der Waals surface area contributed by atoms with Crippen molar-refractivity contribution in [1.82, 2.24) is 4.90 Å². The molecule has 0 aliphatic heterocycles. The van der Waals surface area contributed by atoms with Gasteiger partial charge >= 0.3 is 0 Å². The van der Waals surface area contributed by atoms with Crippen molar-refractivity contribution in [2.24, 2.45) is 0 Å². The molecule has 0 unspecified atom stereocenters. The Bertz CT molecular complexity index is 1210. The molecule has 4 heteroatoms. The van der Waals surface area contributed by atoms with E-state index in [1.165, 1.54) is 12.1 Å². The number of hydrogen-bond acceptors (Lipinski definition) is 3. The molecule has 41 heavy (non-hydrogen) atoms. The van der Waals surface area contributed by atoms with E-state index in [1.54, 1.807) is 0 Å². The number of phenols is 2. The highest BCUT2D eigenvalue weighted by molar-refractivity contribution is 5.51. The Balaban J connectivity index is 2.16. The molecule has 3 rings (SSSR count). The molecular formula is C37H52FNO2. The van der Waals surface area contributed by atoms with E-state index >= 15 is 0 Å². The monoisotopic (exact) mass is 561 g/mol. The Morgan fingerprint density at radius 1 is 0.488 bits per heavy atom. The highest BCUT2D eigenvalue weighted by Gasteiger charge is 2.29. The minimum absolute atomic E-state index is 0.220. The Labute approximate surface area is 248 Å². The molecule has 3 aromatic carbocycles. The highest BCUT2D eigenvalue weighted by atomic mass is 19.1. The lowest BCUT2D eigenvalue weighted by Crippen LogP contribution is -2.25. The summed E-state index contributed by atoms with van der Waals surface area (Å²) in [5, 5.41) is 22.6. The van der Waals surface area contributed by atoms with E-state index in [1.807, 2.05) is 12.1 Å². The van der Waals surface area contributed by atoms with E-state index in [0.29, 0.717) is 31.1 Å². The van der Waals surface area contributed by atoms with Gasteiger partial charge in [0.05, 0.1) is 0 Å². The molecule has 0 fully saturated rings. The summed E-state index contributed by atoms with van der Waals surface area (Å²) in [6, 6.07) is 15.3. The van der Waals surface area contributed by atoms with Gasteiger partial charge in [-0.15, -0.1) is 0 Å². The fourth-order valence-corrected chi connectivity index (χ4v) is 5.39. The second kappa shape index (κ2) is 11.4. The molecule has 0 amide bonds. The summed E-state index contributed by atoms with van der Waals surface area (Å²) < 4.78 is 13.8. The summed E-state index contributed by atoms with van der Waals surface area (Å²) in [5.41, 5.74) is 6.17. The smallest absolute Gasteiger partial charge is 0.123 e. The maximum absolute atomic E-state index is 13.8. The van der Waals surface area contributed by atoms with Gasteiger partial charge in [-0.1, -0.05) is 119 Å². The van der Waals surface area contributed by atoms with Crippen molar-refractivity contribution >= 4 is 0 Å². The van der Waals surface area contributed by atoms with Crippen LogP contribution in [-0.4, -0.2) is 15.1 Å². The number of hydrogen-bond donors (Lipinski definition) is 2. The van der Waals surface area contributed by atoms with Gasteiger partial charge in [-0.3, -0.25) is 4.90 Å². The Morgan fingerprint density at radius 3 is 1.02 bits per heavy atom. The van der Waals surface area contributed by atoms with Crippen LogP contribution in [0.3, 0.4) is 0 Å². The van der Waals surface area contributed by atoms with Crippen molar-refractivity contribution in [2.75, 3.05) is 0 Å². The predicted molar refractivity (Wildman–Crippen MR) is 170 cm³/mol. The number of phenolic OH excluding ortho intramolecular Hbond substituents is 2. The van der Waals surface area contributed by atoms with Gasteiger partial charge in [0.1, 0.15) is 17.3 Å². The average Bonchev–Trinajstić information content (AvgIpc) is 2.79. The molecule has 0 aliphatic carbocycles. The van der Waals surface area contributed by atoms with E-state index in [9.17, 15) is 14.6 Å². The van der Waals surface area contributed by atoms with Crippen LogP contribution in [0.2, 0.25) is 0 Å². The maximum atomic E-state index is 13.8. The molecule has 0 saturated heterocycles. The van der Waals surface area contributed by atoms with Crippen molar-refractivity contribution in [3.8, 4) is 11.5 Å². The zero-order chi connectivity index (χ0) is 31.1. The molecule has 3 nitrogen and oxygen atoms in total. The van der Waals surface area contributed by atoms with Gasteiger partial charge in [0.2, 0.25) is 0 Å². The van der Waals surface area contributed by atoms with E-state index in [-0.39, 0.29) is 27.5 Å². The molecule has 0 radical (unpaired) electrons. The van der Waals surface area contributed by atoms with Gasteiger partial charge in [0, 0.05) is 19.6 Å². The molecule has 0 saturated carbocycles. The quantitative estimate of drug-likeness (QED) is 0.315. The first kappa shape index (κ1) is 32.7. The highest BCUT2D eigenvalue weighted by Crippen LogP contribution is 2.42. The number of halogens is 1. The molecule has 0 atom stereocenters. The molecule has 0 aromatic heterocycles. The van der Waals surface area contributed by atoms with Gasteiger partial charge < -0.3 is 10.2 Å². The lowest BCUT2D eigenvalue weighted by molar-refractivity contribution is 0.246. The second-order valence-electron chi connectivity index (χ2n) is 15.9. The van der Waals surface area contributed by atoms with Crippen LogP contribution in [0.15, 0.2) is 48.5 Å². The Hall–Kier alpha value is -2.85. The molecule has 224 valence electrons. The molecule has 0 spiro atoms. The second-order valence-corrected chi connectivity index (χ2v) is 15.9. The largest absolute Gasteiger partial charge is 0.507 e. The van der Waals surface area contributed by atoms with Gasteiger partial charge in [-0.2, -0.15) is 0 Å². The first-order chi connectivity index (χ1) is 18.6. The molecular weight excluding hydrogens is 509 g/mol. The van der Waals surface area contributed by atoms with Crippen LogP contribution in [0.4, 0.5) is 4.39 Å². The van der Waals surface area contributed by atoms with Gasteiger partial charge in [-0.25, -0.2) is 4.39 Å². The topological polar surface area (TPSA) is 43.7 Å². The summed E-state index contributed by atoms with van der Waals surface area (Å²) in [4.78, 5) is 2.36. The summed E-state index contributed by atoms with van der Waals surface area (Å²) in [6.07, 6.45) is 0. The molecule has 3 aromatic rings. The molecule has 0 aliphatic rings. The summed E-state index contributed by atoms with van der Waals surface area (Å²) in [6.45, 7) is 27.5. The zero-order valence-electron chi connectivity index (χ0n) is 27.5. The lowest BCUT2D eigenvalue weighted by Gasteiger charge is -2.31. The minimum atomic E-state index is -0.244. The van der Waals surface area contributed by atoms with Crippen LogP contribution < -0.4 is 0 Å². The van der Waals surface area contributed by atoms with Crippen LogP contribution in [-0.2, 0) is 41.3 Å². The summed E-state index contributed by atoms with van der Waals surface area (Å²) in [7, 11) is 0. The Kier molecular flexibility index (Phi) is 9.11. The predicted octanol–water partition coefficient (Wildman–Crippen LogP) is 9.63. The van der Waals surface area contributed by atoms with Gasteiger partial charge in [0.25, 0.3) is 0 Å². The van der Waals surface area contributed by atoms with Crippen molar-refractivity contribution in [3.63, 3.8) is 0 Å². The van der Waals surface area contributed by atoms with Crippen LogP contribution in [0, 0.1) is 5.82 Å². The van der Waals surface area contributed by atoms with Crippen molar-refractivity contribution < 1.29 is 14.6 Å². The van der Waals surface area contributed by atoms with Crippen molar-refractivity contribution in [2.45, 2.75) is 124 Å². The van der Waals surface area contributed by atoms with Crippen LogP contribution in [0.25, 0.3) is 0 Å². The van der Waals surface area contributed by atoms with E-state index in [0.717, 1.165) is 38.9 Å². The average molecular weight is 562 g/mol. The summed E-state index contributed by atoms with van der Waals surface area (Å²) in [5.74, 6) is 0.510. The summed E-state index contributed by atoms with van der Waals surface area (Å²) >= 11 is 0. The molecule has 0 bridgehead atoms.